The van der Waals surface area contributed by atoms with Gasteiger partial charge in [-0.2, -0.15) is 5.10 Å². The number of methoxy groups -OCH3 is 2. The van der Waals surface area contributed by atoms with E-state index in [1.807, 2.05) is 18.2 Å². The van der Waals surface area contributed by atoms with Crippen LogP contribution >= 0.6 is 23.2 Å². The predicted molar refractivity (Wildman–Crippen MR) is 92.0 cm³/mol. The molecule has 0 aliphatic heterocycles. The van der Waals surface area contributed by atoms with Crippen LogP contribution in [-0.4, -0.2) is 34.2 Å². The number of carbonyl (C=O) groups is 1. The van der Waals surface area contributed by atoms with E-state index >= 15 is 0 Å². The first-order chi connectivity index (χ1) is 11.5. The molecule has 128 valence electrons. The SMILES string of the molecule is COc1cccc(Cn2nccc2NC(=O)C2CC2(Cl)Cl)c1OC. The molecule has 0 radical (unpaired) electrons. The molecule has 8 heteroatoms. The third-order valence-corrected chi connectivity index (χ3v) is 4.75. The Bertz CT molecular complexity index is 761. The van der Waals surface area contributed by atoms with Crippen LogP contribution in [0.25, 0.3) is 0 Å². The summed E-state index contributed by atoms with van der Waals surface area (Å²) in [4.78, 5) is 12.2. The summed E-state index contributed by atoms with van der Waals surface area (Å²) in [6.45, 7) is 0.417. The lowest BCUT2D eigenvalue weighted by atomic mass is 10.2. The van der Waals surface area contributed by atoms with Crippen molar-refractivity contribution in [2.24, 2.45) is 5.92 Å². The predicted octanol–water partition coefficient (Wildman–Crippen LogP) is 3.08. The Labute approximate surface area is 149 Å². The van der Waals surface area contributed by atoms with Crippen LogP contribution in [0.15, 0.2) is 30.5 Å². The van der Waals surface area contributed by atoms with Crippen molar-refractivity contribution in [3.8, 4) is 11.5 Å². The molecule has 24 heavy (non-hydrogen) atoms. The van der Waals surface area contributed by atoms with Crippen LogP contribution in [0.4, 0.5) is 5.82 Å². The van der Waals surface area contributed by atoms with E-state index in [2.05, 4.69) is 10.4 Å². The molecule has 1 N–H and O–H groups in total. The molecule has 2 aromatic rings. The second-order valence-corrected chi connectivity index (χ2v) is 7.08. The Hall–Kier alpha value is -1.92. The Balaban J connectivity index is 1.78. The molecular weight excluding hydrogens is 353 g/mol. The number of para-hydroxylation sites is 1. The van der Waals surface area contributed by atoms with Gasteiger partial charge in [0.2, 0.25) is 5.91 Å². The smallest absolute Gasteiger partial charge is 0.231 e. The minimum Gasteiger partial charge on any atom is -0.493 e. The summed E-state index contributed by atoms with van der Waals surface area (Å²) < 4.78 is 11.4. The Morgan fingerprint density at radius 2 is 2.12 bits per heavy atom. The van der Waals surface area contributed by atoms with Crippen molar-refractivity contribution in [1.29, 1.82) is 0 Å². The fourth-order valence-corrected chi connectivity index (χ4v) is 3.02. The number of nitrogens with zero attached hydrogens (tertiary/aromatic N) is 2. The summed E-state index contributed by atoms with van der Waals surface area (Å²) in [7, 11) is 3.17. The number of rotatable bonds is 6. The number of benzene rings is 1. The molecule has 6 nitrogen and oxygen atoms in total. The average molecular weight is 370 g/mol. The average Bonchev–Trinajstić information content (AvgIpc) is 2.99. The molecule has 0 spiro atoms. The molecule has 1 aliphatic rings. The van der Waals surface area contributed by atoms with Gasteiger partial charge < -0.3 is 14.8 Å². The lowest BCUT2D eigenvalue weighted by Gasteiger charge is -2.14. The molecular formula is C16H17Cl2N3O3. The van der Waals surface area contributed by atoms with Crippen LogP contribution in [0.3, 0.4) is 0 Å². The third kappa shape index (κ3) is 3.30. The quantitative estimate of drug-likeness (QED) is 0.794. The maximum atomic E-state index is 12.2. The molecule has 1 aromatic heterocycles. The highest BCUT2D eigenvalue weighted by Gasteiger charge is 2.56. The number of hydrogen-bond donors (Lipinski definition) is 1. The van der Waals surface area contributed by atoms with Crippen molar-refractivity contribution in [1.82, 2.24) is 9.78 Å². The summed E-state index contributed by atoms with van der Waals surface area (Å²) >= 11 is 11.9. The molecule has 1 unspecified atom stereocenters. The fourth-order valence-electron chi connectivity index (χ4n) is 2.52. The highest BCUT2D eigenvalue weighted by atomic mass is 35.5. The van der Waals surface area contributed by atoms with Gasteiger partial charge in [0.25, 0.3) is 0 Å². The number of aromatic nitrogens is 2. The normalized spacial score (nSPS) is 18.1. The minimum absolute atomic E-state index is 0.209. The van der Waals surface area contributed by atoms with E-state index in [-0.39, 0.29) is 5.91 Å². The number of hydrogen-bond acceptors (Lipinski definition) is 4. The van der Waals surface area contributed by atoms with E-state index in [1.54, 1.807) is 31.2 Å². The first-order valence-electron chi connectivity index (χ1n) is 7.36. The van der Waals surface area contributed by atoms with Gasteiger partial charge in [-0.1, -0.05) is 12.1 Å². The van der Waals surface area contributed by atoms with Gasteiger partial charge in [0, 0.05) is 11.6 Å². The molecule has 0 saturated heterocycles. The summed E-state index contributed by atoms with van der Waals surface area (Å²) in [5.41, 5.74) is 0.881. The summed E-state index contributed by atoms with van der Waals surface area (Å²) in [6.07, 6.45) is 2.07. The number of amides is 1. The van der Waals surface area contributed by atoms with Crippen LogP contribution in [0.5, 0.6) is 11.5 Å². The molecule has 1 aliphatic carbocycles. The standard InChI is InChI=1S/C16H17Cl2N3O3/c1-23-12-5-3-4-10(14(12)24-2)9-21-13(6-7-19-21)20-15(22)11-8-16(11,17)18/h3-7,11H,8-9H2,1-2H3,(H,20,22). The van der Waals surface area contributed by atoms with E-state index in [0.29, 0.717) is 30.3 Å². The third-order valence-electron chi connectivity index (χ3n) is 3.91. The number of carbonyl (C=O) groups excluding carboxylic acids is 1. The number of alkyl halides is 2. The van der Waals surface area contributed by atoms with Crippen LogP contribution in [0.2, 0.25) is 0 Å². The molecule has 1 heterocycles. The van der Waals surface area contributed by atoms with Crippen LogP contribution in [0, 0.1) is 5.92 Å². The van der Waals surface area contributed by atoms with E-state index in [4.69, 9.17) is 32.7 Å². The zero-order chi connectivity index (χ0) is 17.3. The van der Waals surface area contributed by atoms with Gasteiger partial charge in [-0.05, 0) is 12.5 Å². The highest BCUT2D eigenvalue weighted by Crippen LogP contribution is 2.53. The maximum absolute atomic E-state index is 12.2. The first kappa shape index (κ1) is 16.9. The Morgan fingerprint density at radius 1 is 1.38 bits per heavy atom. The van der Waals surface area contributed by atoms with Crippen LogP contribution < -0.4 is 14.8 Å². The number of nitrogens with one attached hydrogen (secondary N) is 1. The highest BCUT2D eigenvalue weighted by molar-refractivity contribution is 6.52. The van der Waals surface area contributed by atoms with Crippen molar-refractivity contribution in [2.75, 3.05) is 19.5 Å². The summed E-state index contributed by atoms with van der Waals surface area (Å²) in [5.74, 6) is 1.24. The second-order valence-electron chi connectivity index (χ2n) is 5.53. The van der Waals surface area contributed by atoms with Crippen LogP contribution in [0.1, 0.15) is 12.0 Å². The zero-order valence-corrected chi connectivity index (χ0v) is 14.8. The monoisotopic (exact) mass is 369 g/mol. The first-order valence-corrected chi connectivity index (χ1v) is 8.12. The van der Waals surface area contributed by atoms with Crippen molar-refractivity contribution in [3.63, 3.8) is 0 Å². The molecule has 1 fully saturated rings. The van der Waals surface area contributed by atoms with E-state index in [1.165, 1.54) is 0 Å². The Morgan fingerprint density at radius 3 is 2.75 bits per heavy atom. The van der Waals surface area contributed by atoms with E-state index in [0.717, 1.165) is 5.56 Å². The van der Waals surface area contributed by atoms with Crippen molar-refractivity contribution < 1.29 is 14.3 Å². The number of ether oxygens (including phenoxy) is 2. The number of anilines is 1. The van der Waals surface area contributed by atoms with Gasteiger partial charge in [-0.3, -0.25) is 4.79 Å². The van der Waals surface area contributed by atoms with Crippen molar-refractivity contribution in [2.45, 2.75) is 17.3 Å². The number of halogens is 2. The van der Waals surface area contributed by atoms with Gasteiger partial charge in [0.05, 0.1) is 32.9 Å². The molecule has 1 saturated carbocycles. The van der Waals surface area contributed by atoms with Gasteiger partial charge in [-0.25, -0.2) is 4.68 Å². The summed E-state index contributed by atoms with van der Waals surface area (Å²) in [5, 5.41) is 7.07. The second kappa shape index (κ2) is 6.53. The van der Waals surface area contributed by atoms with Crippen molar-refractivity contribution >= 4 is 34.9 Å². The largest absolute Gasteiger partial charge is 0.493 e. The van der Waals surface area contributed by atoms with Crippen molar-refractivity contribution in [3.05, 3.63) is 36.0 Å². The topological polar surface area (TPSA) is 65.4 Å². The van der Waals surface area contributed by atoms with Crippen LogP contribution in [-0.2, 0) is 11.3 Å². The lowest BCUT2D eigenvalue weighted by Crippen LogP contribution is -2.19. The fraction of sp³-hybridized carbons (Fsp3) is 0.375. The minimum atomic E-state index is -0.953. The Kier molecular flexibility index (Phi) is 4.60. The van der Waals surface area contributed by atoms with Gasteiger partial charge in [-0.15, -0.1) is 23.2 Å². The molecule has 3 rings (SSSR count). The van der Waals surface area contributed by atoms with Gasteiger partial charge in [0.1, 0.15) is 10.2 Å². The molecule has 0 bridgehead atoms. The molecule has 1 amide bonds. The van der Waals surface area contributed by atoms with E-state index in [9.17, 15) is 4.79 Å². The molecule has 1 atom stereocenters. The molecule has 1 aromatic carbocycles. The van der Waals surface area contributed by atoms with E-state index < -0.39 is 10.3 Å². The summed E-state index contributed by atoms with van der Waals surface area (Å²) in [6, 6.07) is 7.33. The van der Waals surface area contributed by atoms with Gasteiger partial charge in [0.15, 0.2) is 11.5 Å². The van der Waals surface area contributed by atoms with Gasteiger partial charge >= 0.3 is 0 Å². The zero-order valence-electron chi connectivity index (χ0n) is 13.3. The lowest BCUT2D eigenvalue weighted by molar-refractivity contribution is -0.117. The maximum Gasteiger partial charge on any atom is 0.231 e.